The van der Waals surface area contributed by atoms with Crippen molar-refractivity contribution in [3.05, 3.63) is 40.8 Å². The van der Waals surface area contributed by atoms with Crippen LogP contribution in [-0.2, 0) is 5.75 Å². The quantitative estimate of drug-likeness (QED) is 0.883. The van der Waals surface area contributed by atoms with Crippen LogP contribution in [0.2, 0.25) is 0 Å². The summed E-state index contributed by atoms with van der Waals surface area (Å²) in [5.74, 6) is 2.06. The van der Waals surface area contributed by atoms with E-state index in [4.69, 9.17) is 4.74 Å². The highest BCUT2D eigenvalue weighted by molar-refractivity contribution is 9.10. The highest BCUT2D eigenvalue weighted by Gasteiger charge is 2.05. The molecule has 0 saturated heterocycles. The maximum Gasteiger partial charge on any atom is 0.138 e. The zero-order valence-electron chi connectivity index (χ0n) is 9.22. The monoisotopic (exact) mass is 310 g/mol. The number of thiol groups is 1. The Morgan fingerprint density at radius 2 is 2.18 bits per heavy atom. The van der Waals surface area contributed by atoms with Gasteiger partial charge in [-0.15, -0.1) is 0 Å². The second-order valence-electron chi connectivity index (χ2n) is 3.37. The third-order valence-corrected chi connectivity index (χ3v) is 3.20. The Morgan fingerprint density at radius 1 is 1.35 bits per heavy atom. The van der Waals surface area contributed by atoms with Gasteiger partial charge in [0.05, 0.1) is 23.0 Å². The summed E-state index contributed by atoms with van der Waals surface area (Å²) < 4.78 is 6.09. The van der Waals surface area contributed by atoms with E-state index in [2.05, 4.69) is 38.5 Å². The molecule has 0 atom stereocenters. The Balaban J connectivity index is 2.42. The van der Waals surface area contributed by atoms with E-state index < -0.39 is 0 Å². The molecule has 0 aliphatic carbocycles. The van der Waals surface area contributed by atoms with Crippen molar-refractivity contribution in [2.24, 2.45) is 0 Å². The van der Waals surface area contributed by atoms with Crippen LogP contribution in [0.15, 0.2) is 34.9 Å². The summed E-state index contributed by atoms with van der Waals surface area (Å²) in [7, 11) is 1.64. The molecule has 1 heterocycles. The van der Waals surface area contributed by atoms with E-state index in [1.807, 2.05) is 24.3 Å². The molecule has 0 saturated carbocycles. The van der Waals surface area contributed by atoms with E-state index in [0.717, 1.165) is 27.3 Å². The SMILES string of the molecule is COc1ccc(-c2ccnc(CS)n2)cc1Br. The van der Waals surface area contributed by atoms with Crippen molar-refractivity contribution in [1.29, 1.82) is 0 Å². The highest BCUT2D eigenvalue weighted by atomic mass is 79.9. The van der Waals surface area contributed by atoms with Crippen molar-refractivity contribution in [3.63, 3.8) is 0 Å². The minimum atomic E-state index is 0.533. The molecule has 2 aromatic rings. The molecule has 1 aromatic heterocycles. The first-order chi connectivity index (χ1) is 8.24. The summed E-state index contributed by atoms with van der Waals surface area (Å²) in [5, 5.41) is 0. The number of methoxy groups -OCH3 is 1. The summed E-state index contributed by atoms with van der Waals surface area (Å²) in [6.07, 6.45) is 1.74. The zero-order chi connectivity index (χ0) is 12.3. The van der Waals surface area contributed by atoms with Crippen molar-refractivity contribution < 1.29 is 4.74 Å². The fraction of sp³-hybridized carbons (Fsp3) is 0.167. The summed E-state index contributed by atoms with van der Waals surface area (Å²) in [4.78, 5) is 8.52. The number of ether oxygens (including phenoxy) is 1. The number of hydrogen-bond donors (Lipinski definition) is 1. The second kappa shape index (κ2) is 5.51. The van der Waals surface area contributed by atoms with Gasteiger partial charge in [-0.2, -0.15) is 12.6 Å². The molecule has 0 radical (unpaired) electrons. The van der Waals surface area contributed by atoms with Crippen LogP contribution in [0.4, 0.5) is 0 Å². The van der Waals surface area contributed by atoms with Crippen LogP contribution >= 0.6 is 28.6 Å². The molecular formula is C12H11BrN2OS. The van der Waals surface area contributed by atoms with Gasteiger partial charge in [0, 0.05) is 11.8 Å². The molecule has 0 N–H and O–H groups in total. The van der Waals surface area contributed by atoms with Gasteiger partial charge in [-0.05, 0) is 40.2 Å². The fourth-order valence-corrected chi connectivity index (χ4v) is 2.15. The second-order valence-corrected chi connectivity index (χ2v) is 4.54. The minimum Gasteiger partial charge on any atom is -0.496 e. The van der Waals surface area contributed by atoms with Crippen molar-refractivity contribution in [2.45, 2.75) is 5.75 Å². The van der Waals surface area contributed by atoms with E-state index >= 15 is 0 Å². The lowest BCUT2D eigenvalue weighted by Crippen LogP contribution is -1.93. The number of hydrogen-bond acceptors (Lipinski definition) is 4. The Kier molecular flexibility index (Phi) is 4.02. The van der Waals surface area contributed by atoms with Crippen LogP contribution < -0.4 is 4.74 Å². The Morgan fingerprint density at radius 3 is 2.82 bits per heavy atom. The smallest absolute Gasteiger partial charge is 0.138 e. The van der Waals surface area contributed by atoms with Gasteiger partial charge in [-0.1, -0.05) is 0 Å². The predicted molar refractivity (Wildman–Crippen MR) is 74.4 cm³/mol. The standard InChI is InChI=1S/C12H11BrN2OS/c1-16-11-3-2-8(6-9(11)13)10-4-5-14-12(7-17)15-10/h2-6,17H,7H2,1H3. The van der Waals surface area contributed by atoms with Crippen molar-refractivity contribution in [2.75, 3.05) is 7.11 Å². The maximum atomic E-state index is 5.19. The molecule has 2 rings (SSSR count). The van der Waals surface area contributed by atoms with Gasteiger partial charge in [-0.25, -0.2) is 9.97 Å². The van der Waals surface area contributed by atoms with Crippen LogP contribution in [-0.4, -0.2) is 17.1 Å². The Hall–Kier alpha value is -1.07. The average Bonchev–Trinajstić information content (AvgIpc) is 2.38. The molecule has 5 heteroatoms. The largest absolute Gasteiger partial charge is 0.496 e. The molecule has 0 aliphatic heterocycles. The number of rotatable bonds is 3. The molecule has 1 aromatic carbocycles. The van der Waals surface area contributed by atoms with Gasteiger partial charge >= 0.3 is 0 Å². The molecule has 0 aliphatic rings. The lowest BCUT2D eigenvalue weighted by molar-refractivity contribution is 0.412. The summed E-state index contributed by atoms with van der Waals surface area (Å²) in [5.41, 5.74) is 1.90. The normalized spacial score (nSPS) is 10.3. The van der Waals surface area contributed by atoms with Gasteiger partial charge in [-0.3, -0.25) is 0 Å². The van der Waals surface area contributed by atoms with Crippen LogP contribution in [0, 0.1) is 0 Å². The van der Waals surface area contributed by atoms with Gasteiger partial charge < -0.3 is 4.74 Å². The molecule has 17 heavy (non-hydrogen) atoms. The van der Waals surface area contributed by atoms with E-state index in [9.17, 15) is 0 Å². The van der Waals surface area contributed by atoms with Gasteiger partial charge in [0.2, 0.25) is 0 Å². The predicted octanol–water partition coefficient (Wildman–Crippen LogP) is 3.34. The number of benzene rings is 1. The summed E-state index contributed by atoms with van der Waals surface area (Å²) in [6, 6.07) is 7.72. The molecule has 0 fully saturated rings. The summed E-state index contributed by atoms with van der Waals surface area (Å²) in [6.45, 7) is 0. The topological polar surface area (TPSA) is 35.0 Å². The van der Waals surface area contributed by atoms with E-state index in [1.165, 1.54) is 0 Å². The number of halogens is 1. The summed E-state index contributed by atoms with van der Waals surface area (Å²) >= 11 is 7.62. The minimum absolute atomic E-state index is 0.533. The van der Waals surface area contributed by atoms with Gasteiger partial charge in [0.1, 0.15) is 11.6 Å². The van der Waals surface area contributed by atoms with Crippen LogP contribution in [0.1, 0.15) is 5.82 Å². The van der Waals surface area contributed by atoms with E-state index in [-0.39, 0.29) is 0 Å². The first kappa shape index (κ1) is 12.4. The lowest BCUT2D eigenvalue weighted by Gasteiger charge is -2.06. The number of aromatic nitrogens is 2. The molecule has 0 bridgehead atoms. The molecule has 0 spiro atoms. The fourth-order valence-electron chi connectivity index (χ4n) is 1.46. The first-order valence-electron chi connectivity index (χ1n) is 5.01. The van der Waals surface area contributed by atoms with Crippen molar-refractivity contribution >= 4 is 28.6 Å². The molecular weight excluding hydrogens is 300 g/mol. The van der Waals surface area contributed by atoms with Gasteiger partial charge in [0.25, 0.3) is 0 Å². The Bertz CT molecular complexity index is 534. The third kappa shape index (κ3) is 2.79. The van der Waals surface area contributed by atoms with Crippen molar-refractivity contribution in [1.82, 2.24) is 9.97 Å². The molecule has 0 amide bonds. The highest BCUT2D eigenvalue weighted by Crippen LogP contribution is 2.29. The van der Waals surface area contributed by atoms with Crippen LogP contribution in [0.5, 0.6) is 5.75 Å². The third-order valence-electron chi connectivity index (χ3n) is 2.29. The number of nitrogens with zero attached hydrogens (tertiary/aromatic N) is 2. The van der Waals surface area contributed by atoms with E-state index in [0.29, 0.717) is 5.75 Å². The van der Waals surface area contributed by atoms with E-state index in [1.54, 1.807) is 13.3 Å². The zero-order valence-corrected chi connectivity index (χ0v) is 11.7. The molecule has 0 unspecified atom stereocenters. The average molecular weight is 311 g/mol. The van der Waals surface area contributed by atoms with Crippen LogP contribution in [0.25, 0.3) is 11.3 Å². The molecule has 88 valence electrons. The van der Waals surface area contributed by atoms with Crippen LogP contribution in [0.3, 0.4) is 0 Å². The first-order valence-corrected chi connectivity index (χ1v) is 6.44. The van der Waals surface area contributed by atoms with Crippen molar-refractivity contribution in [3.8, 4) is 17.0 Å². The Labute approximate surface area is 114 Å². The van der Waals surface area contributed by atoms with Gasteiger partial charge in [0.15, 0.2) is 0 Å². The lowest BCUT2D eigenvalue weighted by atomic mass is 10.1. The molecule has 3 nitrogen and oxygen atoms in total. The maximum absolute atomic E-state index is 5.19.